The first-order valence-electron chi connectivity index (χ1n) is 5.53. The minimum Gasteiger partial charge on any atom is -0.481 e. The summed E-state index contributed by atoms with van der Waals surface area (Å²) >= 11 is 0. The first kappa shape index (κ1) is 11.5. The van der Waals surface area contributed by atoms with Crippen molar-refractivity contribution in [3.63, 3.8) is 0 Å². The van der Waals surface area contributed by atoms with Gasteiger partial charge in [0, 0.05) is 12.6 Å². The van der Waals surface area contributed by atoms with E-state index >= 15 is 0 Å². The number of rotatable bonds is 4. The molecule has 82 valence electrons. The Bertz CT molecular complexity index is 194. The molecular weight excluding hydrogens is 178 g/mol. The highest BCUT2D eigenvalue weighted by Gasteiger charge is 2.24. The van der Waals surface area contributed by atoms with E-state index in [9.17, 15) is 4.79 Å². The monoisotopic (exact) mass is 199 g/mol. The van der Waals surface area contributed by atoms with Crippen molar-refractivity contribution in [1.29, 1.82) is 0 Å². The Morgan fingerprint density at radius 2 is 2.07 bits per heavy atom. The highest BCUT2D eigenvalue weighted by atomic mass is 16.4. The predicted octanol–water partition coefficient (Wildman–Crippen LogP) is 1.97. The van der Waals surface area contributed by atoms with Crippen molar-refractivity contribution < 1.29 is 9.90 Å². The van der Waals surface area contributed by atoms with Gasteiger partial charge in [0.2, 0.25) is 0 Å². The van der Waals surface area contributed by atoms with Crippen LogP contribution in [0.1, 0.15) is 39.0 Å². The van der Waals surface area contributed by atoms with Gasteiger partial charge in [-0.3, -0.25) is 4.79 Å². The number of carboxylic acids is 1. The molecule has 0 radical (unpaired) electrons. The summed E-state index contributed by atoms with van der Waals surface area (Å²) in [5, 5.41) is 8.60. The van der Waals surface area contributed by atoms with Gasteiger partial charge in [0.25, 0.3) is 0 Å². The van der Waals surface area contributed by atoms with E-state index in [2.05, 4.69) is 18.9 Å². The van der Waals surface area contributed by atoms with Crippen LogP contribution in [0.15, 0.2) is 0 Å². The summed E-state index contributed by atoms with van der Waals surface area (Å²) in [5.41, 5.74) is 0. The zero-order valence-electron chi connectivity index (χ0n) is 9.20. The van der Waals surface area contributed by atoms with Crippen molar-refractivity contribution in [3.8, 4) is 0 Å². The lowest BCUT2D eigenvalue weighted by atomic mass is 9.85. The van der Waals surface area contributed by atoms with Gasteiger partial charge in [0.15, 0.2) is 0 Å². The average Bonchev–Trinajstić information content (AvgIpc) is 2.15. The number of hydrogen-bond acceptors (Lipinski definition) is 2. The molecule has 1 saturated carbocycles. The van der Waals surface area contributed by atoms with Gasteiger partial charge in [0.1, 0.15) is 0 Å². The summed E-state index contributed by atoms with van der Waals surface area (Å²) in [7, 11) is 2.05. The van der Waals surface area contributed by atoms with E-state index in [1.807, 2.05) is 0 Å². The van der Waals surface area contributed by atoms with Crippen molar-refractivity contribution in [2.45, 2.75) is 45.1 Å². The quantitative estimate of drug-likeness (QED) is 0.752. The summed E-state index contributed by atoms with van der Waals surface area (Å²) in [6.07, 6.45) is 5.43. The fourth-order valence-corrected chi connectivity index (χ4v) is 2.39. The summed E-state index contributed by atoms with van der Waals surface area (Å²) in [4.78, 5) is 12.7. The largest absolute Gasteiger partial charge is 0.481 e. The van der Waals surface area contributed by atoms with Gasteiger partial charge in [-0.2, -0.15) is 0 Å². The molecule has 0 amide bonds. The van der Waals surface area contributed by atoms with Gasteiger partial charge in [-0.1, -0.05) is 19.8 Å². The molecule has 1 fully saturated rings. The Labute approximate surface area is 86.1 Å². The topological polar surface area (TPSA) is 40.5 Å². The first-order chi connectivity index (χ1) is 6.61. The molecule has 3 heteroatoms. The summed E-state index contributed by atoms with van der Waals surface area (Å²) in [6, 6.07) is 0.600. The van der Waals surface area contributed by atoms with Crippen molar-refractivity contribution >= 4 is 5.97 Å². The maximum absolute atomic E-state index is 10.4. The minimum atomic E-state index is -0.694. The van der Waals surface area contributed by atoms with Crippen LogP contribution in [0.3, 0.4) is 0 Å². The number of carboxylic acid groups (broad SMARTS) is 1. The molecule has 0 aromatic heterocycles. The van der Waals surface area contributed by atoms with Gasteiger partial charge in [-0.25, -0.2) is 0 Å². The molecule has 3 nitrogen and oxygen atoms in total. The SMILES string of the molecule is CC1CCCCC1N(C)CCC(=O)O. The first-order valence-corrected chi connectivity index (χ1v) is 5.53. The third-order valence-electron chi connectivity index (χ3n) is 3.31. The Morgan fingerprint density at radius 3 is 2.64 bits per heavy atom. The van der Waals surface area contributed by atoms with E-state index in [1.54, 1.807) is 0 Å². The molecule has 1 aliphatic carbocycles. The van der Waals surface area contributed by atoms with Crippen molar-refractivity contribution in [1.82, 2.24) is 4.90 Å². The predicted molar refractivity (Wildman–Crippen MR) is 56.3 cm³/mol. The molecule has 0 aliphatic heterocycles. The van der Waals surface area contributed by atoms with Crippen molar-refractivity contribution in [2.24, 2.45) is 5.92 Å². The highest BCUT2D eigenvalue weighted by Crippen LogP contribution is 2.27. The van der Waals surface area contributed by atoms with Crippen LogP contribution in [0.25, 0.3) is 0 Å². The van der Waals surface area contributed by atoms with E-state index in [4.69, 9.17) is 5.11 Å². The van der Waals surface area contributed by atoms with Crippen molar-refractivity contribution in [2.75, 3.05) is 13.6 Å². The number of carbonyl (C=O) groups is 1. The molecule has 1 rings (SSSR count). The fraction of sp³-hybridized carbons (Fsp3) is 0.909. The molecule has 2 atom stereocenters. The fourth-order valence-electron chi connectivity index (χ4n) is 2.39. The summed E-state index contributed by atoms with van der Waals surface area (Å²) in [6.45, 7) is 2.96. The van der Waals surface area contributed by atoms with Crippen LogP contribution in [0.4, 0.5) is 0 Å². The zero-order valence-corrected chi connectivity index (χ0v) is 9.20. The summed E-state index contributed by atoms with van der Waals surface area (Å²) in [5.74, 6) is 0.0304. The maximum Gasteiger partial charge on any atom is 0.304 e. The molecule has 1 N–H and O–H groups in total. The lowest BCUT2D eigenvalue weighted by Gasteiger charge is -2.36. The molecule has 0 heterocycles. The van der Waals surface area contributed by atoms with Gasteiger partial charge < -0.3 is 10.0 Å². The van der Waals surface area contributed by atoms with Crippen molar-refractivity contribution in [3.05, 3.63) is 0 Å². The van der Waals surface area contributed by atoms with E-state index in [-0.39, 0.29) is 6.42 Å². The second kappa shape index (κ2) is 5.35. The van der Waals surface area contributed by atoms with E-state index in [1.165, 1.54) is 25.7 Å². The smallest absolute Gasteiger partial charge is 0.304 e. The van der Waals surface area contributed by atoms with E-state index in [0.717, 1.165) is 5.92 Å². The molecule has 0 bridgehead atoms. The van der Waals surface area contributed by atoms with Gasteiger partial charge in [0.05, 0.1) is 6.42 Å². The molecule has 2 unspecified atom stereocenters. The Hall–Kier alpha value is -0.570. The van der Waals surface area contributed by atoms with E-state index in [0.29, 0.717) is 12.6 Å². The Morgan fingerprint density at radius 1 is 1.43 bits per heavy atom. The van der Waals surface area contributed by atoms with E-state index < -0.39 is 5.97 Å². The standard InChI is InChI=1S/C11H21NO2/c1-9-5-3-4-6-10(9)12(2)8-7-11(13)14/h9-10H,3-8H2,1-2H3,(H,13,14). The average molecular weight is 199 g/mol. The Kier molecular flexibility index (Phi) is 4.39. The number of hydrogen-bond donors (Lipinski definition) is 1. The normalized spacial score (nSPS) is 27.9. The second-order valence-electron chi connectivity index (χ2n) is 4.45. The third kappa shape index (κ3) is 3.29. The molecule has 0 aromatic rings. The number of aliphatic carboxylic acids is 1. The Balaban J connectivity index is 2.34. The van der Waals surface area contributed by atoms with Crippen LogP contribution >= 0.6 is 0 Å². The third-order valence-corrected chi connectivity index (χ3v) is 3.31. The van der Waals surface area contributed by atoms with Crippen LogP contribution < -0.4 is 0 Å². The molecule has 0 aromatic carbocycles. The van der Waals surface area contributed by atoms with Gasteiger partial charge in [-0.05, 0) is 25.8 Å². The van der Waals surface area contributed by atoms with Gasteiger partial charge in [-0.15, -0.1) is 0 Å². The molecular formula is C11H21NO2. The molecule has 14 heavy (non-hydrogen) atoms. The lowest BCUT2D eigenvalue weighted by Crippen LogP contribution is -2.39. The molecule has 0 saturated heterocycles. The maximum atomic E-state index is 10.4. The van der Waals surface area contributed by atoms with Crippen LogP contribution in [0.5, 0.6) is 0 Å². The van der Waals surface area contributed by atoms with Gasteiger partial charge >= 0.3 is 5.97 Å². The molecule has 0 spiro atoms. The number of nitrogens with zero attached hydrogens (tertiary/aromatic N) is 1. The van der Waals surface area contributed by atoms with Crippen LogP contribution in [0.2, 0.25) is 0 Å². The minimum absolute atomic E-state index is 0.264. The van der Waals surface area contributed by atoms with Crippen LogP contribution in [-0.2, 0) is 4.79 Å². The lowest BCUT2D eigenvalue weighted by molar-refractivity contribution is -0.137. The highest BCUT2D eigenvalue weighted by molar-refractivity contribution is 5.66. The zero-order chi connectivity index (χ0) is 10.6. The summed E-state index contributed by atoms with van der Waals surface area (Å²) < 4.78 is 0. The van der Waals surface area contributed by atoms with Crippen LogP contribution in [0, 0.1) is 5.92 Å². The second-order valence-corrected chi connectivity index (χ2v) is 4.45. The van der Waals surface area contributed by atoms with Crippen LogP contribution in [-0.4, -0.2) is 35.6 Å². The molecule has 1 aliphatic rings.